The van der Waals surface area contributed by atoms with Gasteiger partial charge in [0.2, 0.25) is 15.8 Å². The van der Waals surface area contributed by atoms with Crippen LogP contribution < -0.4 is 14.2 Å². The molecule has 1 aliphatic heterocycles. The van der Waals surface area contributed by atoms with Crippen molar-refractivity contribution in [2.75, 3.05) is 20.3 Å². The van der Waals surface area contributed by atoms with Crippen LogP contribution in [0.15, 0.2) is 59.5 Å². The molecule has 9 nitrogen and oxygen atoms in total. The Kier molecular flexibility index (Phi) is 6.95. The zero-order chi connectivity index (χ0) is 25.2. The number of para-hydroxylation sites is 2. The fourth-order valence-corrected chi connectivity index (χ4v) is 4.70. The van der Waals surface area contributed by atoms with E-state index in [1.54, 1.807) is 6.07 Å². The minimum absolute atomic E-state index is 0.0364. The minimum atomic E-state index is -3.71. The molecule has 1 aliphatic rings. The number of nitrogens with one attached hydrogen (secondary N) is 1. The Hall–Kier alpha value is -3.63. The van der Waals surface area contributed by atoms with Crippen molar-refractivity contribution in [1.29, 1.82) is 0 Å². The van der Waals surface area contributed by atoms with Crippen molar-refractivity contribution in [3.63, 3.8) is 0 Å². The summed E-state index contributed by atoms with van der Waals surface area (Å²) in [6.45, 7) is 4.12. The molecule has 4 rings (SSSR count). The highest BCUT2D eigenvalue weighted by molar-refractivity contribution is 7.89. The van der Waals surface area contributed by atoms with Gasteiger partial charge in [-0.1, -0.05) is 18.2 Å². The lowest BCUT2D eigenvalue weighted by Gasteiger charge is -2.27. The number of sulfonamides is 1. The Morgan fingerprint density at radius 1 is 1.09 bits per heavy atom. The molecule has 1 unspecified atom stereocenters. The van der Waals surface area contributed by atoms with Crippen LogP contribution in [0.4, 0.5) is 0 Å². The first-order valence-corrected chi connectivity index (χ1v) is 12.5. The summed E-state index contributed by atoms with van der Waals surface area (Å²) in [6, 6.07) is 14.7. The van der Waals surface area contributed by atoms with E-state index in [2.05, 4.69) is 4.72 Å². The quantitative estimate of drug-likeness (QED) is 0.375. The normalized spacial score (nSPS) is 15.0. The van der Waals surface area contributed by atoms with Crippen molar-refractivity contribution in [1.82, 2.24) is 9.29 Å². The summed E-state index contributed by atoms with van der Waals surface area (Å²) in [7, 11) is -2.43. The molecule has 0 amide bonds. The van der Waals surface area contributed by atoms with Gasteiger partial charge in [0.25, 0.3) is 0 Å². The predicted molar refractivity (Wildman–Crippen MR) is 128 cm³/mol. The molecule has 35 heavy (non-hydrogen) atoms. The molecule has 2 aromatic carbocycles. The molecule has 0 saturated carbocycles. The Labute approximate surface area is 203 Å². The maximum absolute atomic E-state index is 12.8. The molecule has 1 atom stereocenters. The van der Waals surface area contributed by atoms with Crippen LogP contribution in [0.5, 0.6) is 11.5 Å². The maximum Gasteiger partial charge on any atom is 0.338 e. The van der Waals surface area contributed by atoms with Gasteiger partial charge < -0.3 is 18.8 Å². The van der Waals surface area contributed by atoms with Crippen LogP contribution in [0.1, 0.15) is 32.1 Å². The number of Topliss-reactive ketones (excluding diaryl/α,β-unsaturated/α-hetero) is 1. The number of aromatic nitrogens is 1. The Balaban J connectivity index is 1.42. The van der Waals surface area contributed by atoms with Gasteiger partial charge in [0.15, 0.2) is 24.2 Å². The zero-order valence-corrected chi connectivity index (χ0v) is 20.4. The molecular formula is C25H26N2O7S. The first kappa shape index (κ1) is 24.5. The molecule has 184 valence electrons. The molecule has 1 aromatic heterocycles. The Morgan fingerprint density at radius 3 is 2.57 bits per heavy atom. The maximum atomic E-state index is 12.8. The SMILES string of the molecule is CNS(=O)(=O)c1cccc(C(=O)OCC(=O)c2cc(C)n(CC3COc4ccccc4O3)c2C)c1. The van der Waals surface area contributed by atoms with Crippen molar-refractivity contribution in [3.8, 4) is 11.5 Å². The van der Waals surface area contributed by atoms with E-state index in [1.165, 1.54) is 31.3 Å². The van der Waals surface area contributed by atoms with Crippen LogP contribution in [-0.2, 0) is 21.3 Å². The molecule has 0 saturated heterocycles. The van der Waals surface area contributed by atoms with Crippen molar-refractivity contribution >= 4 is 21.8 Å². The third-order valence-electron chi connectivity index (χ3n) is 5.81. The van der Waals surface area contributed by atoms with E-state index in [9.17, 15) is 18.0 Å². The van der Waals surface area contributed by atoms with Gasteiger partial charge in [-0.2, -0.15) is 0 Å². The fraction of sp³-hybridized carbons (Fsp3) is 0.280. The number of hydrogen-bond acceptors (Lipinski definition) is 7. The van der Waals surface area contributed by atoms with Gasteiger partial charge in [-0.15, -0.1) is 0 Å². The van der Waals surface area contributed by atoms with Gasteiger partial charge in [-0.05, 0) is 57.3 Å². The molecule has 0 fully saturated rings. The first-order valence-electron chi connectivity index (χ1n) is 11.0. The van der Waals surface area contributed by atoms with Gasteiger partial charge >= 0.3 is 5.97 Å². The van der Waals surface area contributed by atoms with Gasteiger partial charge in [-0.25, -0.2) is 17.9 Å². The Morgan fingerprint density at radius 2 is 1.83 bits per heavy atom. The summed E-state index contributed by atoms with van der Waals surface area (Å²) >= 11 is 0. The zero-order valence-electron chi connectivity index (χ0n) is 19.6. The number of hydrogen-bond donors (Lipinski definition) is 1. The van der Waals surface area contributed by atoms with Crippen molar-refractivity contribution < 1.29 is 32.2 Å². The van der Waals surface area contributed by atoms with Crippen molar-refractivity contribution in [2.24, 2.45) is 0 Å². The van der Waals surface area contributed by atoms with Gasteiger partial charge in [0.1, 0.15) is 6.61 Å². The highest BCUT2D eigenvalue weighted by atomic mass is 32.2. The first-order chi connectivity index (χ1) is 16.7. The molecule has 10 heteroatoms. The van der Waals surface area contributed by atoms with E-state index >= 15 is 0 Å². The summed E-state index contributed by atoms with van der Waals surface area (Å²) in [5.41, 5.74) is 2.07. The van der Waals surface area contributed by atoms with E-state index in [1.807, 2.05) is 42.7 Å². The monoisotopic (exact) mass is 498 g/mol. The average molecular weight is 499 g/mol. The second kappa shape index (κ2) is 9.93. The molecule has 0 aliphatic carbocycles. The van der Waals surface area contributed by atoms with E-state index in [4.69, 9.17) is 14.2 Å². The van der Waals surface area contributed by atoms with Crippen LogP contribution in [0, 0.1) is 13.8 Å². The highest BCUT2D eigenvalue weighted by Gasteiger charge is 2.24. The number of ketones is 1. The van der Waals surface area contributed by atoms with Crippen molar-refractivity contribution in [3.05, 3.63) is 77.1 Å². The summed E-state index contributed by atoms with van der Waals surface area (Å²) in [4.78, 5) is 25.2. The molecule has 3 aromatic rings. The number of ether oxygens (including phenoxy) is 3. The lowest BCUT2D eigenvalue weighted by atomic mass is 10.1. The van der Waals surface area contributed by atoms with E-state index in [0.717, 1.165) is 11.4 Å². The standard InChI is InChI=1S/C25H26N2O7S/c1-16-11-21(17(2)27(16)13-19-14-32-23-9-4-5-10-24(23)34-19)22(28)15-33-25(29)18-7-6-8-20(12-18)35(30,31)26-3/h4-12,19,26H,13-15H2,1-3H3. The lowest BCUT2D eigenvalue weighted by Crippen LogP contribution is -2.33. The number of esters is 1. The fourth-order valence-electron chi connectivity index (χ4n) is 3.92. The number of benzene rings is 2. The van der Waals surface area contributed by atoms with Gasteiger partial charge in [0, 0.05) is 17.0 Å². The second-order valence-corrected chi connectivity index (χ2v) is 10.0. The van der Waals surface area contributed by atoms with Gasteiger partial charge in [0.05, 0.1) is 17.0 Å². The van der Waals surface area contributed by atoms with Crippen LogP contribution >= 0.6 is 0 Å². The molecule has 0 spiro atoms. The van der Waals surface area contributed by atoms with Crippen LogP contribution in [0.2, 0.25) is 0 Å². The predicted octanol–water partition coefficient (Wildman–Crippen LogP) is 2.89. The smallest absolute Gasteiger partial charge is 0.338 e. The molecule has 0 radical (unpaired) electrons. The number of carbonyl (C=O) groups excluding carboxylic acids is 2. The average Bonchev–Trinajstić information content (AvgIpc) is 3.15. The van der Waals surface area contributed by atoms with Crippen LogP contribution in [0.3, 0.4) is 0 Å². The van der Waals surface area contributed by atoms with E-state index in [0.29, 0.717) is 30.2 Å². The highest BCUT2D eigenvalue weighted by Crippen LogP contribution is 2.31. The summed E-state index contributed by atoms with van der Waals surface area (Å²) in [6.07, 6.45) is -0.225. The summed E-state index contributed by atoms with van der Waals surface area (Å²) in [5, 5.41) is 0. The molecular weight excluding hydrogens is 472 g/mol. The third-order valence-corrected chi connectivity index (χ3v) is 7.22. The third kappa shape index (κ3) is 5.23. The van der Waals surface area contributed by atoms with Crippen molar-refractivity contribution in [2.45, 2.75) is 31.4 Å². The Bertz CT molecular complexity index is 1380. The number of carbonyl (C=O) groups is 2. The largest absolute Gasteiger partial charge is 0.486 e. The number of rotatable bonds is 8. The molecule has 0 bridgehead atoms. The molecule has 2 heterocycles. The van der Waals surface area contributed by atoms with E-state index in [-0.39, 0.29) is 22.3 Å². The number of aryl methyl sites for hydroxylation is 1. The second-order valence-electron chi connectivity index (χ2n) is 8.13. The van der Waals surface area contributed by atoms with Crippen LogP contribution in [0.25, 0.3) is 0 Å². The minimum Gasteiger partial charge on any atom is -0.486 e. The number of fused-ring (bicyclic) bond motifs is 1. The summed E-state index contributed by atoms with van der Waals surface area (Å²) < 4.78 is 45.1. The topological polar surface area (TPSA) is 113 Å². The van der Waals surface area contributed by atoms with E-state index < -0.39 is 22.6 Å². The molecule has 1 N–H and O–H groups in total. The van der Waals surface area contributed by atoms with Gasteiger partial charge in [-0.3, -0.25) is 4.79 Å². The lowest BCUT2D eigenvalue weighted by molar-refractivity contribution is 0.0474. The summed E-state index contributed by atoms with van der Waals surface area (Å²) in [5.74, 6) is 0.243. The number of nitrogens with zero attached hydrogens (tertiary/aromatic N) is 1. The van der Waals surface area contributed by atoms with Crippen LogP contribution in [-0.4, -0.2) is 51.1 Å².